The second kappa shape index (κ2) is 9.02. The van der Waals surface area contributed by atoms with Crippen LogP contribution in [0, 0.1) is 13.8 Å². The number of rotatable bonds is 6. The Balaban J connectivity index is 1.57. The quantitative estimate of drug-likeness (QED) is 0.586. The second-order valence-electron chi connectivity index (χ2n) is 7.85. The predicted octanol–water partition coefficient (Wildman–Crippen LogP) is 3.79. The summed E-state index contributed by atoms with van der Waals surface area (Å²) in [6.07, 6.45) is 3.82. The van der Waals surface area contributed by atoms with Crippen molar-refractivity contribution in [1.82, 2.24) is 15.2 Å². The van der Waals surface area contributed by atoms with Crippen LogP contribution in [-0.4, -0.2) is 34.3 Å². The fraction of sp³-hybridized carbons (Fsp3) is 0.391. The minimum absolute atomic E-state index is 0.0811. The molecule has 158 valence electrons. The van der Waals surface area contributed by atoms with Gasteiger partial charge in [0.2, 0.25) is 0 Å². The van der Waals surface area contributed by atoms with Gasteiger partial charge < -0.3 is 24.4 Å². The van der Waals surface area contributed by atoms with Crippen LogP contribution in [0.2, 0.25) is 0 Å². The van der Waals surface area contributed by atoms with Crippen LogP contribution < -0.4 is 10.9 Å². The number of fused-ring (bicyclic) bond motifs is 1. The van der Waals surface area contributed by atoms with E-state index >= 15 is 0 Å². The van der Waals surface area contributed by atoms with Crippen molar-refractivity contribution in [2.45, 2.75) is 45.9 Å². The standard InChI is InChI=1S/C23H27N3O3S/c1-15-7-8-17-11-18(22(27)25-21(17)16(15)2)13-26(14-20-6-4-10-29-20)23(30)24-12-19-5-3-9-28-19/h3,5,7-9,11,20H,4,6,10,12-14H2,1-2H3,(H,24,30)(H,25,27)/t20-/m1/s1. The number of furan rings is 1. The highest BCUT2D eigenvalue weighted by atomic mass is 32.1. The van der Waals surface area contributed by atoms with Crippen molar-refractivity contribution in [3.05, 3.63) is 69.4 Å². The van der Waals surface area contributed by atoms with Gasteiger partial charge in [0.15, 0.2) is 5.11 Å². The molecule has 0 radical (unpaired) electrons. The van der Waals surface area contributed by atoms with Gasteiger partial charge in [0.1, 0.15) is 5.76 Å². The summed E-state index contributed by atoms with van der Waals surface area (Å²) >= 11 is 5.66. The zero-order valence-electron chi connectivity index (χ0n) is 17.4. The molecule has 1 aliphatic rings. The third kappa shape index (κ3) is 4.57. The molecule has 0 bridgehead atoms. The molecule has 4 rings (SSSR count). The molecule has 3 aromatic rings. The first kappa shape index (κ1) is 20.6. The van der Waals surface area contributed by atoms with E-state index in [-0.39, 0.29) is 11.7 Å². The molecule has 30 heavy (non-hydrogen) atoms. The van der Waals surface area contributed by atoms with E-state index in [4.69, 9.17) is 21.4 Å². The first-order valence-corrected chi connectivity index (χ1v) is 10.7. The second-order valence-corrected chi connectivity index (χ2v) is 8.24. The summed E-state index contributed by atoms with van der Waals surface area (Å²) in [6.45, 7) is 6.43. The molecule has 1 aromatic carbocycles. The van der Waals surface area contributed by atoms with E-state index in [9.17, 15) is 4.79 Å². The number of aromatic amines is 1. The van der Waals surface area contributed by atoms with Gasteiger partial charge in [-0.1, -0.05) is 12.1 Å². The average Bonchev–Trinajstić information content (AvgIpc) is 3.44. The molecule has 1 aliphatic heterocycles. The largest absolute Gasteiger partial charge is 0.467 e. The number of ether oxygens (including phenoxy) is 1. The molecule has 0 saturated carbocycles. The third-order valence-corrected chi connectivity index (χ3v) is 6.12. The van der Waals surface area contributed by atoms with Crippen molar-refractivity contribution in [3.63, 3.8) is 0 Å². The lowest BCUT2D eigenvalue weighted by Crippen LogP contribution is -2.43. The maximum atomic E-state index is 12.8. The summed E-state index contributed by atoms with van der Waals surface area (Å²) in [5, 5.41) is 4.86. The highest BCUT2D eigenvalue weighted by Crippen LogP contribution is 2.20. The Labute approximate surface area is 181 Å². The Hall–Kier alpha value is -2.64. The van der Waals surface area contributed by atoms with Crippen molar-refractivity contribution >= 4 is 28.2 Å². The van der Waals surface area contributed by atoms with Crippen LogP contribution >= 0.6 is 12.2 Å². The number of thiocarbonyl (C=S) groups is 1. The lowest BCUT2D eigenvalue weighted by Gasteiger charge is -2.28. The van der Waals surface area contributed by atoms with E-state index in [1.807, 2.05) is 36.9 Å². The first-order chi connectivity index (χ1) is 14.5. The number of hydrogen-bond donors (Lipinski definition) is 2. The van der Waals surface area contributed by atoms with Crippen LogP contribution in [0.25, 0.3) is 10.9 Å². The molecule has 2 N–H and O–H groups in total. The molecule has 6 nitrogen and oxygen atoms in total. The minimum atomic E-state index is -0.0811. The van der Waals surface area contributed by atoms with Crippen LogP contribution in [0.5, 0.6) is 0 Å². The average molecular weight is 426 g/mol. The van der Waals surface area contributed by atoms with Crippen molar-refractivity contribution in [2.75, 3.05) is 13.2 Å². The number of nitrogens with one attached hydrogen (secondary N) is 2. The smallest absolute Gasteiger partial charge is 0.253 e. The molecule has 2 aromatic heterocycles. The summed E-state index contributed by atoms with van der Waals surface area (Å²) in [4.78, 5) is 17.9. The fourth-order valence-corrected chi connectivity index (χ4v) is 4.05. The summed E-state index contributed by atoms with van der Waals surface area (Å²) in [7, 11) is 0. The van der Waals surface area contributed by atoms with E-state index < -0.39 is 0 Å². The monoisotopic (exact) mass is 425 g/mol. The maximum absolute atomic E-state index is 12.8. The minimum Gasteiger partial charge on any atom is -0.467 e. The van der Waals surface area contributed by atoms with Gasteiger partial charge in [0, 0.05) is 18.7 Å². The highest BCUT2D eigenvalue weighted by Gasteiger charge is 2.22. The van der Waals surface area contributed by atoms with Crippen LogP contribution in [0.1, 0.15) is 35.3 Å². The van der Waals surface area contributed by atoms with Gasteiger partial charge in [-0.3, -0.25) is 4.79 Å². The van der Waals surface area contributed by atoms with Crippen LogP contribution in [0.4, 0.5) is 0 Å². The zero-order valence-corrected chi connectivity index (χ0v) is 18.2. The van der Waals surface area contributed by atoms with Gasteiger partial charge in [0.05, 0.1) is 31.0 Å². The molecule has 1 atom stereocenters. The molecule has 0 unspecified atom stereocenters. The predicted molar refractivity (Wildman–Crippen MR) is 122 cm³/mol. The van der Waals surface area contributed by atoms with Crippen LogP contribution in [0.3, 0.4) is 0 Å². The van der Waals surface area contributed by atoms with Gasteiger partial charge in [0.25, 0.3) is 5.56 Å². The molecule has 0 aliphatic carbocycles. The Kier molecular flexibility index (Phi) is 6.20. The summed E-state index contributed by atoms with van der Waals surface area (Å²) in [6, 6.07) is 9.85. The molecular formula is C23H27N3O3S. The Bertz CT molecular complexity index is 1090. The number of benzene rings is 1. The summed E-state index contributed by atoms with van der Waals surface area (Å²) in [5.74, 6) is 0.809. The van der Waals surface area contributed by atoms with E-state index in [2.05, 4.69) is 22.4 Å². The van der Waals surface area contributed by atoms with Crippen LogP contribution in [0.15, 0.2) is 45.8 Å². The van der Waals surface area contributed by atoms with E-state index in [0.717, 1.165) is 47.2 Å². The number of pyridine rings is 1. The van der Waals surface area contributed by atoms with Crippen molar-refractivity contribution in [1.29, 1.82) is 0 Å². The van der Waals surface area contributed by atoms with Gasteiger partial charge in [-0.2, -0.15) is 0 Å². The lowest BCUT2D eigenvalue weighted by atomic mass is 10.0. The summed E-state index contributed by atoms with van der Waals surface area (Å²) in [5.41, 5.74) is 3.76. The Morgan fingerprint density at radius 1 is 1.33 bits per heavy atom. The molecule has 0 spiro atoms. The SMILES string of the molecule is Cc1ccc2cc(CN(C[C@H]3CCCO3)C(=S)NCc3ccco3)c(=O)[nH]c2c1C. The van der Waals surface area contributed by atoms with Crippen molar-refractivity contribution in [2.24, 2.45) is 0 Å². The summed E-state index contributed by atoms with van der Waals surface area (Å²) < 4.78 is 11.2. The van der Waals surface area contributed by atoms with Gasteiger partial charge in [-0.25, -0.2) is 0 Å². The molecule has 0 amide bonds. The number of aromatic nitrogens is 1. The number of H-pyrrole nitrogens is 1. The Morgan fingerprint density at radius 2 is 2.20 bits per heavy atom. The van der Waals surface area contributed by atoms with Gasteiger partial charge in [-0.05, 0) is 73.6 Å². The Morgan fingerprint density at radius 3 is 2.93 bits per heavy atom. The topological polar surface area (TPSA) is 70.5 Å². The highest BCUT2D eigenvalue weighted by molar-refractivity contribution is 7.80. The zero-order chi connectivity index (χ0) is 21.1. The molecule has 1 fully saturated rings. The van der Waals surface area contributed by atoms with Crippen LogP contribution in [-0.2, 0) is 17.8 Å². The van der Waals surface area contributed by atoms with E-state index in [0.29, 0.717) is 30.3 Å². The van der Waals surface area contributed by atoms with Gasteiger partial charge in [-0.15, -0.1) is 0 Å². The van der Waals surface area contributed by atoms with Gasteiger partial charge >= 0.3 is 0 Å². The molecule has 1 saturated heterocycles. The number of hydrogen-bond acceptors (Lipinski definition) is 4. The lowest BCUT2D eigenvalue weighted by molar-refractivity contribution is 0.0896. The molecular weight excluding hydrogens is 398 g/mol. The fourth-order valence-electron chi connectivity index (χ4n) is 3.83. The first-order valence-electron chi connectivity index (χ1n) is 10.3. The van der Waals surface area contributed by atoms with Crippen molar-refractivity contribution in [3.8, 4) is 0 Å². The number of nitrogens with zero attached hydrogens (tertiary/aromatic N) is 1. The third-order valence-electron chi connectivity index (χ3n) is 5.72. The molecule has 7 heteroatoms. The molecule has 3 heterocycles. The van der Waals surface area contributed by atoms with Crippen molar-refractivity contribution < 1.29 is 9.15 Å². The number of aryl methyl sites for hydroxylation is 2. The maximum Gasteiger partial charge on any atom is 0.253 e. The van der Waals surface area contributed by atoms with E-state index in [1.165, 1.54) is 0 Å². The normalized spacial score (nSPS) is 16.1. The van der Waals surface area contributed by atoms with E-state index in [1.54, 1.807) is 6.26 Å².